The molecule has 0 bridgehead atoms. The molecule has 1 atom stereocenters. The maximum Gasteiger partial charge on any atom is 0.0240 e. The molecule has 0 aromatic carbocycles. The second kappa shape index (κ2) is 4.80. The van der Waals surface area contributed by atoms with Crippen molar-refractivity contribution in [1.29, 1.82) is 0 Å². The molecule has 0 aliphatic heterocycles. The van der Waals surface area contributed by atoms with Gasteiger partial charge in [0.2, 0.25) is 0 Å². The Hall–Kier alpha value is -0.300. The van der Waals surface area contributed by atoms with E-state index >= 15 is 0 Å². The number of rotatable bonds is 4. The van der Waals surface area contributed by atoms with Crippen LogP contribution in [0.3, 0.4) is 0 Å². The van der Waals surface area contributed by atoms with Crippen molar-refractivity contribution < 1.29 is 0 Å². The molecule has 13 heavy (non-hydrogen) atoms. The van der Waals surface area contributed by atoms with Gasteiger partial charge >= 0.3 is 0 Å². The lowest BCUT2D eigenvalue weighted by molar-refractivity contribution is 0.122. The third-order valence-corrected chi connectivity index (χ3v) is 3.39. The van der Waals surface area contributed by atoms with Crippen LogP contribution in [0.2, 0.25) is 0 Å². The Kier molecular flexibility index (Phi) is 3.98. The van der Waals surface area contributed by atoms with Crippen LogP contribution in [0.5, 0.6) is 0 Å². The van der Waals surface area contributed by atoms with Crippen molar-refractivity contribution in [1.82, 2.24) is 4.90 Å². The highest BCUT2D eigenvalue weighted by molar-refractivity contribution is 5.02. The van der Waals surface area contributed by atoms with Crippen LogP contribution >= 0.6 is 0 Å². The second-order valence-electron chi connectivity index (χ2n) is 4.44. The van der Waals surface area contributed by atoms with E-state index < -0.39 is 0 Å². The third kappa shape index (κ3) is 2.57. The molecule has 0 fully saturated rings. The maximum absolute atomic E-state index is 2.44. The van der Waals surface area contributed by atoms with Gasteiger partial charge in [0.05, 0.1) is 0 Å². The summed E-state index contributed by atoms with van der Waals surface area (Å²) in [6, 6.07) is 0. The lowest BCUT2D eigenvalue weighted by Crippen LogP contribution is -2.44. The number of unbranched alkanes of at least 4 members (excludes halogenated alkanes) is 1. The standard InChI is InChI=1S/C12H23N/c1-4-5-9-12(13(2)3)10-7-6-8-11-12/h6-7H,4-5,8-11H2,1-3H3. The van der Waals surface area contributed by atoms with E-state index in [1.54, 1.807) is 0 Å². The van der Waals surface area contributed by atoms with E-state index in [0.717, 1.165) is 0 Å². The Morgan fingerprint density at radius 2 is 2.08 bits per heavy atom. The molecule has 0 heterocycles. The van der Waals surface area contributed by atoms with Crippen LogP contribution < -0.4 is 0 Å². The van der Waals surface area contributed by atoms with Crippen molar-refractivity contribution in [2.24, 2.45) is 0 Å². The summed E-state index contributed by atoms with van der Waals surface area (Å²) in [5.74, 6) is 0. The smallest absolute Gasteiger partial charge is 0.0240 e. The van der Waals surface area contributed by atoms with E-state index in [1.165, 1.54) is 38.5 Å². The van der Waals surface area contributed by atoms with Crippen molar-refractivity contribution in [2.45, 2.75) is 51.0 Å². The summed E-state index contributed by atoms with van der Waals surface area (Å²) in [7, 11) is 4.46. The van der Waals surface area contributed by atoms with Gasteiger partial charge in [-0.05, 0) is 39.8 Å². The SMILES string of the molecule is CCCCC1(N(C)C)CC=CCC1. The van der Waals surface area contributed by atoms with Gasteiger partial charge in [-0.2, -0.15) is 0 Å². The zero-order chi connectivity index (χ0) is 9.73. The van der Waals surface area contributed by atoms with Crippen LogP contribution in [0.15, 0.2) is 12.2 Å². The largest absolute Gasteiger partial charge is 0.303 e. The van der Waals surface area contributed by atoms with Crippen molar-refractivity contribution in [2.75, 3.05) is 14.1 Å². The Morgan fingerprint density at radius 3 is 2.54 bits per heavy atom. The average Bonchev–Trinajstić information content (AvgIpc) is 2.16. The van der Waals surface area contributed by atoms with E-state index in [4.69, 9.17) is 0 Å². The summed E-state index contributed by atoms with van der Waals surface area (Å²) in [6.07, 6.45) is 12.6. The molecule has 1 nitrogen and oxygen atoms in total. The number of hydrogen-bond donors (Lipinski definition) is 0. The van der Waals surface area contributed by atoms with Gasteiger partial charge in [0.25, 0.3) is 0 Å². The fraction of sp³-hybridized carbons (Fsp3) is 0.833. The van der Waals surface area contributed by atoms with Gasteiger partial charge in [-0.3, -0.25) is 0 Å². The quantitative estimate of drug-likeness (QED) is 0.602. The van der Waals surface area contributed by atoms with Crippen molar-refractivity contribution in [3.05, 3.63) is 12.2 Å². The maximum atomic E-state index is 2.44. The van der Waals surface area contributed by atoms with E-state index in [0.29, 0.717) is 5.54 Å². The molecule has 1 aliphatic carbocycles. The molecule has 0 saturated heterocycles. The van der Waals surface area contributed by atoms with E-state index in [1.807, 2.05) is 0 Å². The zero-order valence-corrected chi connectivity index (χ0v) is 9.34. The first kappa shape index (κ1) is 10.8. The fourth-order valence-corrected chi connectivity index (χ4v) is 2.24. The van der Waals surface area contributed by atoms with E-state index in [2.05, 4.69) is 38.1 Å². The fourth-order valence-electron chi connectivity index (χ4n) is 2.24. The van der Waals surface area contributed by atoms with Gasteiger partial charge in [-0.1, -0.05) is 31.9 Å². The van der Waals surface area contributed by atoms with Gasteiger partial charge in [0.15, 0.2) is 0 Å². The summed E-state index contributed by atoms with van der Waals surface area (Å²) in [4.78, 5) is 2.44. The summed E-state index contributed by atoms with van der Waals surface area (Å²) >= 11 is 0. The molecule has 0 saturated carbocycles. The molecular formula is C12H23N. The molecule has 0 aromatic rings. The lowest BCUT2D eigenvalue weighted by Gasteiger charge is -2.41. The van der Waals surface area contributed by atoms with Crippen LogP contribution in [0.1, 0.15) is 45.4 Å². The Labute approximate surface area is 82.8 Å². The van der Waals surface area contributed by atoms with Gasteiger partial charge in [0.1, 0.15) is 0 Å². The van der Waals surface area contributed by atoms with Gasteiger partial charge in [-0.25, -0.2) is 0 Å². The predicted molar refractivity (Wildman–Crippen MR) is 58.9 cm³/mol. The predicted octanol–water partition coefficient (Wildman–Crippen LogP) is 3.22. The monoisotopic (exact) mass is 181 g/mol. The Morgan fingerprint density at radius 1 is 1.31 bits per heavy atom. The topological polar surface area (TPSA) is 3.24 Å². The summed E-state index contributed by atoms with van der Waals surface area (Å²) < 4.78 is 0. The molecular weight excluding hydrogens is 158 g/mol. The number of nitrogens with zero attached hydrogens (tertiary/aromatic N) is 1. The third-order valence-electron chi connectivity index (χ3n) is 3.39. The summed E-state index contributed by atoms with van der Waals surface area (Å²) in [5, 5.41) is 0. The molecule has 1 aliphatic rings. The van der Waals surface area contributed by atoms with E-state index in [-0.39, 0.29) is 0 Å². The first-order valence-corrected chi connectivity index (χ1v) is 5.54. The van der Waals surface area contributed by atoms with Crippen LogP contribution in [0.4, 0.5) is 0 Å². The molecule has 0 aromatic heterocycles. The number of allylic oxidation sites excluding steroid dienone is 1. The van der Waals surface area contributed by atoms with Gasteiger partial charge in [-0.15, -0.1) is 0 Å². The minimum absolute atomic E-state index is 0.477. The first-order valence-electron chi connectivity index (χ1n) is 5.54. The highest BCUT2D eigenvalue weighted by atomic mass is 15.1. The van der Waals surface area contributed by atoms with Gasteiger partial charge < -0.3 is 4.90 Å². The minimum atomic E-state index is 0.477. The molecule has 0 radical (unpaired) electrons. The molecule has 1 rings (SSSR count). The van der Waals surface area contributed by atoms with Crippen molar-refractivity contribution in [3.8, 4) is 0 Å². The molecule has 1 heteroatoms. The Balaban J connectivity index is 2.57. The lowest BCUT2D eigenvalue weighted by atomic mass is 9.80. The van der Waals surface area contributed by atoms with E-state index in [9.17, 15) is 0 Å². The molecule has 76 valence electrons. The number of hydrogen-bond acceptors (Lipinski definition) is 1. The second-order valence-corrected chi connectivity index (χ2v) is 4.44. The van der Waals surface area contributed by atoms with Crippen LogP contribution in [0, 0.1) is 0 Å². The van der Waals surface area contributed by atoms with Crippen LogP contribution in [-0.4, -0.2) is 24.5 Å². The zero-order valence-electron chi connectivity index (χ0n) is 9.34. The summed E-state index contributed by atoms with van der Waals surface area (Å²) in [6.45, 7) is 2.28. The highest BCUT2D eigenvalue weighted by Gasteiger charge is 2.31. The highest BCUT2D eigenvalue weighted by Crippen LogP contribution is 2.32. The van der Waals surface area contributed by atoms with Crippen molar-refractivity contribution >= 4 is 0 Å². The molecule has 1 unspecified atom stereocenters. The summed E-state index contributed by atoms with van der Waals surface area (Å²) in [5.41, 5.74) is 0.477. The normalized spacial score (nSPS) is 28.3. The van der Waals surface area contributed by atoms with Crippen LogP contribution in [0.25, 0.3) is 0 Å². The van der Waals surface area contributed by atoms with Gasteiger partial charge in [0, 0.05) is 5.54 Å². The van der Waals surface area contributed by atoms with Crippen molar-refractivity contribution in [3.63, 3.8) is 0 Å². The molecule has 0 spiro atoms. The molecule has 0 N–H and O–H groups in total. The van der Waals surface area contributed by atoms with Crippen LogP contribution in [-0.2, 0) is 0 Å². The average molecular weight is 181 g/mol. The minimum Gasteiger partial charge on any atom is -0.303 e. The molecule has 0 amide bonds. The Bertz CT molecular complexity index is 172. The first-order chi connectivity index (χ1) is 6.21.